The molecule has 0 spiro atoms. The molecule has 0 heterocycles. The third kappa shape index (κ3) is 9.17. The SMILES string of the molecule is CCNC(CCCOCCC(C)C)C(C)C. The fraction of sp³-hybridized carbons (Fsp3) is 1.00. The van der Waals surface area contributed by atoms with E-state index in [-0.39, 0.29) is 0 Å². The number of nitrogens with one attached hydrogen (secondary N) is 1. The summed E-state index contributed by atoms with van der Waals surface area (Å²) in [6.45, 7) is 14.1. The lowest BCUT2D eigenvalue weighted by Gasteiger charge is -2.21. The molecule has 1 N–H and O–H groups in total. The first-order chi connectivity index (χ1) is 7.57. The van der Waals surface area contributed by atoms with Crippen molar-refractivity contribution in [3.8, 4) is 0 Å². The third-order valence-electron chi connectivity index (χ3n) is 2.91. The highest BCUT2D eigenvalue weighted by atomic mass is 16.5. The summed E-state index contributed by atoms with van der Waals surface area (Å²) in [4.78, 5) is 0. The predicted molar refractivity (Wildman–Crippen MR) is 71.8 cm³/mol. The van der Waals surface area contributed by atoms with Gasteiger partial charge >= 0.3 is 0 Å². The minimum Gasteiger partial charge on any atom is -0.381 e. The monoisotopic (exact) mass is 229 g/mol. The molecule has 1 unspecified atom stereocenters. The summed E-state index contributed by atoms with van der Waals surface area (Å²) in [5, 5.41) is 3.54. The fourth-order valence-corrected chi connectivity index (χ4v) is 1.76. The molecule has 0 aliphatic carbocycles. The Morgan fingerprint density at radius 1 is 1.00 bits per heavy atom. The minimum atomic E-state index is 0.652. The highest BCUT2D eigenvalue weighted by Crippen LogP contribution is 2.08. The van der Waals surface area contributed by atoms with Crippen LogP contribution < -0.4 is 5.32 Å². The number of rotatable bonds is 10. The lowest BCUT2D eigenvalue weighted by molar-refractivity contribution is 0.116. The topological polar surface area (TPSA) is 21.3 Å². The van der Waals surface area contributed by atoms with Crippen molar-refractivity contribution in [1.82, 2.24) is 5.32 Å². The van der Waals surface area contributed by atoms with E-state index in [0.29, 0.717) is 6.04 Å². The van der Waals surface area contributed by atoms with Gasteiger partial charge in [-0.1, -0.05) is 34.6 Å². The van der Waals surface area contributed by atoms with Crippen molar-refractivity contribution >= 4 is 0 Å². The Bertz CT molecular complexity index is 146. The molecule has 0 aromatic rings. The Morgan fingerprint density at radius 3 is 2.19 bits per heavy atom. The summed E-state index contributed by atoms with van der Waals surface area (Å²) in [5.74, 6) is 1.47. The van der Waals surface area contributed by atoms with Crippen LogP contribution in [0.3, 0.4) is 0 Å². The van der Waals surface area contributed by atoms with Gasteiger partial charge in [-0.3, -0.25) is 0 Å². The van der Waals surface area contributed by atoms with Crippen LogP contribution in [0.25, 0.3) is 0 Å². The van der Waals surface area contributed by atoms with Gasteiger partial charge < -0.3 is 10.1 Å². The summed E-state index contributed by atoms with van der Waals surface area (Å²) in [6.07, 6.45) is 3.59. The van der Waals surface area contributed by atoms with Gasteiger partial charge in [0.1, 0.15) is 0 Å². The molecule has 0 radical (unpaired) electrons. The lowest BCUT2D eigenvalue weighted by Crippen LogP contribution is -2.33. The zero-order valence-corrected chi connectivity index (χ0v) is 11.9. The van der Waals surface area contributed by atoms with Gasteiger partial charge in [-0.05, 0) is 37.6 Å². The van der Waals surface area contributed by atoms with Crippen molar-refractivity contribution in [1.29, 1.82) is 0 Å². The van der Waals surface area contributed by atoms with Gasteiger partial charge in [-0.2, -0.15) is 0 Å². The lowest BCUT2D eigenvalue weighted by atomic mass is 9.99. The van der Waals surface area contributed by atoms with Crippen LogP contribution in [0.2, 0.25) is 0 Å². The first-order valence-corrected chi connectivity index (χ1v) is 6.89. The first-order valence-electron chi connectivity index (χ1n) is 6.89. The van der Waals surface area contributed by atoms with Gasteiger partial charge in [0.2, 0.25) is 0 Å². The summed E-state index contributed by atoms with van der Waals surface area (Å²) < 4.78 is 5.62. The highest BCUT2D eigenvalue weighted by molar-refractivity contribution is 4.69. The van der Waals surface area contributed by atoms with Crippen LogP contribution in [-0.4, -0.2) is 25.8 Å². The summed E-state index contributed by atoms with van der Waals surface area (Å²) in [7, 11) is 0. The van der Waals surface area contributed by atoms with Crippen LogP contribution in [0.4, 0.5) is 0 Å². The van der Waals surface area contributed by atoms with Gasteiger partial charge in [0.05, 0.1) is 0 Å². The van der Waals surface area contributed by atoms with E-state index in [4.69, 9.17) is 4.74 Å². The molecule has 98 valence electrons. The molecule has 0 aromatic carbocycles. The number of hydrogen-bond donors (Lipinski definition) is 1. The van der Waals surface area contributed by atoms with Crippen LogP contribution in [0.1, 0.15) is 53.9 Å². The van der Waals surface area contributed by atoms with E-state index in [1.54, 1.807) is 0 Å². The van der Waals surface area contributed by atoms with Crippen molar-refractivity contribution in [2.75, 3.05) is 19.8 Å². The van der Waals surface area contributed by atoms with E-state index in [1.807, 2.05) is 0 Å². The first kappa shape index (κ1) is 15.9. The molecule has 0 saturated heterocycles. The Hall–Kier alpha value is -0.0800. The van der Waals surface area contributed by atoms with Gasteiger partial charge in [-0.25, -0.2) is 0 Å². The molecule has 2 nitrogen and oxygen atoms in total. The predicted octanol–water partition coefficient (Wildman–Crippen LogP) is 3.46. The van der Waals surface area contributed by atoms with E-state index in [1.165, 1.54) is 19.3 Å². The fourth-order valence-electron chi connectivity index (χ4n) is 1.76. The highest BCUT2D eigenvalue weighted by Gasteiger charge is 2.10. The van der Waals surface area contributed by atoms with E-state index >= 15 is 0 Å². The second-order valence-electron chi connectivity index (χ2n) is 5.35. The summed E-state index contributed by atoms with van der Waals surface area (Å²) in [6, 6.07) is 0.652. The van der Waals surface area contributed by atoms with Gasteiger partial charge in [0, 0.05) is 19.3 Å². The maximum absolute atomic E-state index is 5.62. The molecule has 0 bridgehead atoms. The Morgan fingerprint density at radius 2 is 1.69 bits per heavy atom. The Balaban J connectivity index is 3.40. The second-order valence-corrected chi connectivity index (χ2v) is 5.35. The molecule has 0 aliphatic heterocycles. The molecule has 1 atom stereocenters. The molecule has 16 heavy (non-hydrogen) atoms. The van der Waals surface area contributed by atoms with Crippen molar-refractivity contribution in [2.24, 2.45) is 11.8 Å². The Labute approximate surface area is 102 Å². The van der Waals surface area contributed by atoms with Crippen molar-refractivity contribution < 1.29 is 4.74 Å². The standard InChI is InChI=1S/C14H31NO/c1-6-15-14(13(4)5)8-7-10-16-11-9-12(2)3/h12-15H,6-11H2,1-5H3. The zero-order valence-electron chi connectivity index (χ0n) is 11.9. The van der Waals surface area contributed by atoms with Crippen LogP contribution in [-0.2, 0) is 4.74 Å². The van der Waals surface area contributed by atoms with Crippen molar-refractivity contribution in [3.05, 3.63) is 0 Å². The average Bonchev–Trinajstić information content (AvgIpc) is 2.20. The van der Waals surface area contributed by atoms with Crippen molar-refractivity contribution in [3.63, 3.8) is 0 Å². The van der Waals surface area contributed by atoms with Gasteiger partial charge in [0.25, 0.3) is 0 Å². The maximum atomic E-state index is 5.62. The molecular formula is C14H31NO. The van der Waals surface area contributed by atoms with E-state index in [0.717, 1.165) is 31.6 Å². The maximum Gasteiger partial charge on any atom is 0.0468 e. The van der Waals surface area contributed by atoms with Gasteiger partial charge in [-0.15, -0.1) is 0 Å². The summed E-state index contributed by atoms with van der Waals surface area (Å²) >= 11 is 0. The average molecular weight is 229 g/mol. The molecular weight excluding hydrogens is 198 g/mol. The van der Waals surface area contributed by atoms with Gasteiger partial charge in [0.15, 0.2) is 0 Å². The van der Waals surface area contributed by atoms with Crippen LogP contribution >= 0.6 is 0 Å². The molecule has 0 rings (SSSR count). The molecule has 0 amide bonds. The molecule has 0 fully saturated rings. The largest absolute Gasteiger partial charge is 0.381 e. The normalized spacial score (nSPS) is 13.7. The van der Waals surface area contributed by atoms with E-state index in [9.17, 15) is 0 Å². The smallest absolute Gasteiger partial charge is 0.0468 e. The zero-order chi connectivity index (χ0) is 12.4. The van der Waals surface area contributed by atoms with Crippen LogP contribution in [0.15, 0.2) is 0 Å². The number of ether oxygens (including phenoxy) is 1. The third-order valence-corrected chi connectivity index (χ3v) is 2.91. The summed E-state index contributed by atoms with van der Waals surface area (Å²) in [5.41, 5.74) is 0. The second kappa shape index (κ2) is 10.1. The molecule has 0 saturated carbocycles. The molecule has 0 aromatic heterocycles. The molecule has 2 heteroatoms. The van der Waals surface area contributed by atoms with Crippen molar-refractivity contribution in [2.45, 2.75) is 59.9 Å². The van der Waals surface area contributed by atoms with E-state index < -0.39 is 0 Å². The minimum absolute atomic E-state index is 0.652. The quantitative estimate of drug-likeness (QED) is 0.579. The van der Waals surface area contributed by atoms with E-state index in [2.05, 4.69) is 39.9 Å². The number of hydrogen-bond acceptors (Lipinski definition) is 2. The van der Waals surface area contributed by atoms with Crippen LogP contribution in [0, 0.1) is 11.8 Å². The van der Waals surface area contributed by atoms with Crippen LogP contribution in [0.5, 0.6) is 0 Å². The molecule has 0 aliphatic rings. The Kier molecular flexibility index (Phi) is 10.0.